The van der Waals surface area contributed by atoms with Crippen molar-refractivity contribution in [2.75, 3.05) is 45.8 Å². The van der Waals surface area contributed by atoms with Gasteiger partial charge in [0.25, 0.3) is 0 Å². The van der Waals surface area contributed by atoms with Gasteiger partial charge in [-0.25, -0.2) is 4.79 Å². The molecule has 0 aromatic carbocycles. The van der Waals surface area contributed by atoms with E-state index in [4.69, 9.17) is 51.6 Å². The molecule has 0 heterocycles. The van der Waals surface area contributed by atoms with Crippen molar-refractivity contribution in [2.45, 2.75) is 243 Å². The van der Waals surface area contributed by atoms with Crippen LogP contribution in [0.3, 0.4) is 0 Å². The smallest absolute Gasteiger partial charge is 0.326 e. The number of amides is 12. The van der Waals surface area contributed by atoms with Crippen LogP contribution in [0.25, 0.3) is 0 Å². The highest BCUT2D eigenvalue weighted by atomic mass is 16.4. The predicted molar refractivity (Wildman–Crippen MR) is 390 cm³/mol. The lowest BCUT2D eigenvalue weighted by Crippen LogP contribution is -2.63. The van der Waals surface area contributed by atoms with E-state index in [1.807, 2.05) is 0 Å². The van der Waals surface area contributed by atoms with Gasteiger partial charge in [0.1, 0.15) is 66.5 Å². The van der Waals surface area contributed by atoms with Crippen LogP contribution < -0.4 is 115 Å². The zero-order valence-corrected chi connectivity index (χ0v) is 62.0. The zero-order chi connectivity index (χ0) is 80.2. The molecule has 105 heavy (non-hydrogen) atoms. The summed E-state index contributed by atoms with van der Waals surface area (Å²) in [6, 6.07) is -16.6. The SMILES string of the molecule is CC(C)C[C@H](NC(=O)[C@H](CCCCN)NC(=O)[C@H](CC(C)C)NC(=O)CNC(=O)[C@H](CCCN=C(N)N)NC(=O)[C@H](CCCCN)NC(=O)[C@H](CCCN=C(N)N)NC(=O)[C@@H](NC(=O)[C@H](CC(C)C)NC(=O)[C@H](CCCN=C(N)N)NC(=O)[C@@H](NC(=O)[C@@H](NC(=O)CN)[C@@H](C)O)[C@@H](C)O)[C@@H](C)O)C(=O)O. The predicted octanol–water partition coefficient (Wildman–Crippen LogP) is -8.82. The molecule has 0 saturated heterocycles. The Morgan fingerprint density at radius 2 is 0.581 bits per heavy atom. The van der Waals surface area contributed by atoms with Crippen molar-refractivity contribution in [2.24, 2.45) is 84.3 Å². The topological polar surface area (TPSA) is 718 Å². The Morgan fingerprint density at radius 3 is 0.905 bits per heavy atom. The molecule has 0 fully saturated rings. The lowest BCUT2D eigenvalue weighted by molar-refractivity contribution is -0.143. The Labute approximate surface area is 612 Å². The van der Waals surface area contributed by atoms with E-state index in [0.717, 1.165) is 13.8 Å². The average Bonchev–Trinajstić information content (AvgIpc) is 0.856. The number of guanidine groups is 3. The molecule has 0 aliphatic rings. The molecule has 600 valence electrons. The minimum absolute atomic E-state index is 0.00680. The molecule has 0 aliphatic carbocycles. The van der Waals surface area contributed by atoms with Crippen molar-refractivity contribution in [1.82, 2.24) is 63.8 Å². The average molecular weight is 1500 g/mol. The minimum Gasteiger partial charge on any atom is -0.480 e. The van der Waals surface area contributed by atoms with E-state index in [1.165, 1.54) is 6.92 Å². The van der Waals surface area contributed by atoms with Crippen LogP contribution in [0.1, 0.15) is 159 Å². The number of hydrogen-bond acceptors (Lipinski definition) is 22. The molecular formula is C64H122N24O17. The van der Waals surface area contributed by atoms with Crippen molar-refractivity contribution in [3.63, 3.8) is 0 Å². The van der Waals surface area contributed by atoms with Gasteiger partial charge in [-0.2, -0.15) is 0 Å². The molecule has 12 amide bonds. The third-order valence-corrected chi connectivity index (χ3v) is 15.7. The van der Waals surface area contributed by atoms with Crippen LogP contribution >= 0.6 is 0 Å². The van der Waals surface area contributed by atoms with Gasteiger partial charge in [-0.05, 0) is 148 Å². The van der Waals surface area contributed by atoms with Crippen LogP contribution in [0, 0.1) is 17.8 Å². The number of carbonyl (C=O) groups is 13. The first kappa shape index (κ1) is 95.7. The second-order valence-electron chi connectivity index (χ2n) is 26.9. The molecule has 0 radical (unpaired) electrons. The maximum Gasteiger partial charge on any atom is 0.326 e. The second kappa shape index (κ2) is 51.8. The van der Waals surface area contributed by atoms with Gasteiger partial charge in [0.2, 0.25) is 70.9 Å². The van der Waals surface area contributed by atoms with Crippen molar-refractivity contribution >= 4 is 94.7 Å². The molecular weight excluding hydrogens is 1380 g/mol. The number of aliphatic hydroxyl groups is 3. The van der Waals surface area contributed by atoms with E-state index in [0.29, 0.717) is 19.3 Å². The van der Waals surface area contributed by atoms with Gasteiger partial charge in [-0.3, -0.25) is 72.5 Å². The first-order chi connectivity index (χ1) is 49.2. The maximum absolute atomic E-state index is 14.6. The van der Waals surface area contributed by atoms with E-state index >= 15 is 0 Å². The molecule has 41 heteroatoms. The van der Waals surface area contributed by atoms with Crippen LogP contribution in [0.15, 0.2) is 15.0 Å². The number of carboxylic acid groups (broad SMARTS) is 1. The molecule has 0 rings (SSSR count). The molecule has 0 saturated carbocycles. The highest BCUT2D eigenvalue weighted by Crippen LogP contribution is 2.14. The number of nitrogens with two attached hydrogens (primary N) is 9. The fourth-order valence-electron chi connectivity index (χ4n) is 10.3. The van der Waals surface area contributed by atoms with E-state index < -0.39 is 175 Å². The molecule has 0 spiro atoms. The van der Waals surface area contributed by atoms with Gasteiger partial charge < -0.3 is 136 Å². The molecule has 14 atom stereocenters. The lowest BCUT2D eigenvalue weighted by Gasteiger charge is -2.30. The van der Waals surface area contributed by atoms with Gasteiger partial charge in [-0.1, -0.05) is 41.5 Å². The third-order valence-electron chi connectivity index (χ3n) is 15.7. The van der Waals surface area contributed by atoms with E-state index in [1.54, 1.807) is 41.5 Å². The number of aliphatic carboxylic acids is 1. The van der Waals surface area contributed by atoms with E-state index in [-0.39, 0.29) is 145 Å². The maximum atomic E-state index is 14.6. The van der Waals surface area contributed by atoms with Crippen LogP contribution in [0.5, 0.6) is 0 Å². The van der Waals surface area contributed by atoms with Crippen molar-refractivity contribution in [3.05, 3.63) is 0 Å². The van der Waals surface area contributed by atoms with Crippen molar-refractivity contribution in [3.8, 4) is 0 Å². The Balaban J connectivity index is 7.21. The fraction of sp³-hybridized carbons (Fsp3) is 0.750. The summed E-state index contributed by atoms with van der Waals surface area (Å²) in [6.07, 6.45) is -3.92. The van der Waals surface area contributed by atoms with Crippen LogP contribution in [-0.2, 0) is 62.3 Å². The molecule has 0 aromatic heterocycles. The minimum atomic E-state index is -1.87. The summed E-state index contributed by atoms with van der Waals surface area (Å²) in [6.45, 7) is 12.9. The van der Waals surface area contributed by atoms with Gasteiger partial charge in [-0.15, -0.1) is 0 Å². The largest absolute Gasteiger partial charge is 0.480 e. The summed E-state index contributed by atoms with van der Waals surface area (Å²) < 4.78 is 0. The molecule has 0 aromatic rings. The first-order valence-electron chi connectivity index (χ1n) is 35.3. The molecule has 0 unspecified atom stereocenters. The number of nitrogens with zero attached hydrogens (tertiary/aromatic N) is 3. The van der Waals surface area contributed by atoms with Crippen LogP contribution in [0.4, 0.5) is 0 Å². The van der Waals surface area contributed by atoms with E-state index in [9.17, 15) is 82.8 Å². The summed E-state index contributed by atoms with van der Waals surface area (Å²) in [5.41, 5.74) is 50.1. The number of unbranched alkanes of at least 4 members (excludes halogenated alkanes) is 2. The molecule has 34 N–H and O–H groups in total. The third kappa shape index (κ3) is 41.1. The summed E-state index contributed by atoms with van der Waals surface area (Å²) >= 11 is 0. The van der Waals surface area contributed by atoms with Crippen LogP contribution in [0.2, 0.25) is 0 Å². The van der Waals surface area contributed by atoms with Gasteiger partial charge in [0.05, 0.1) is 31.4 Å². The number of rotatable bonds is 54. The highest BCUT2D eigenvalue weighted by Gasteiger charge is 2.38. The molecule has 41 nitrogen and oxygen atoms in total. The van der Waals surface area contributed by atoms with Crippen LogP contribution in [-0.4, -0.2) is 246 Å². The standard InChI is InChI=1S/C64H122N24O17/c1-32(2)27-43(56(99)81-40(18-11-13-23-66)55(98)85-45(61(104)105)29-34(5)6)78-47(93)31-77-51(94)38(19-14-24-74-62(68)69)79-52(95)39(17-10-12-22-65)80-53(96)41(20-15-25-75-63(70)71)82-58(101)49(36(8)90)87-57(100)44(28-33(3)4)84-54(97)42(21-16-26-76-64(72)73)83-59(102)50(37(9)91)88-60(103)48(35(7)89)86-46(92)30-67/h32-45,48-50,89-91H,10-31,65-67H2,1-9H3,(H,77,94)(H,78,93)(H,79,95)(H,80,96)(H,81,99)(H,82,101)(H,83,102)(H,84,97)(H,85,98)(H,86,92)(H,87,100)(H,88,103)(H,104,105)(H4,68,69,74)(H4,70,71,75)(H4,72,73,76)/t35-,36-,37-,38+,39+,40+,41+,42+,43+,44+,45+,48+,49+,50+/m1/s1. The zero-order valence-electron chi connectivity index (χ0n) is 62.0. The first-order valence-corrected chi connectivity index (χ1v) is 35.3. The Bertz CT molecular complexity index is 2870. The number of aliphatic imine (C=N–C) groups is 3. The Hall–Kier alpha value is -9.32. The number of hydrogen-bond donors (Lipinski definition) is 25. The highest BCUT2D eigenvalue weighted by molar-refractivity contribution is 5.99. The quantitative estimate of drug-likeness (QED) is 0.0153. The lowest BCUT2D eigenvalue weighted by atomic mass is 10.0. The Morgan fingerprint density at radius 1 is 0.314 bits per heavy atom. The van der Waals surface area contributed by atoms with E-state index in [2.05, 4.69) is 78.8 Å². The van der Waals surface area contributed by atoms with Crippen molar-refractivity contribution < 1.29 is 82.8 Å². The van der Waals surface area contributed by atoms with Gasteiger partial charge in [0.15, 0.2) is 17.9 Å². The number of aliphatic hydroxyl groups excluding tert-OH is 3. The second-order valence-corrected chi connectivity index (χ2v) is 26.9. The number of carbonyl (C=O) groups excluding carboxylic acids is 12. The summed E-state index contributed by atoms with van der Waals surface area (Å²) in [5.74, 6) is -14.3. The van der Waals surface area contributed by atoms with Gasteiger partial charge in [0, 0.05) is 19.6 Å². The van der Waals surface area contributed by atoms with Gasteiger partial charge >= 0.3 is 5.97 Å². The number of nitrogens with one attached hydrogen (secondary N) is 12. The normalized spacial score (nSPS) is 15.2. The molecule has 0 bridgehead atoms. The monoisotopic (exact) mass is 1500 g/mol. The Kier molecular flexibility index (Phi) is 47.2. The summed E-state index contributed by atoms with van der Waals surface area (Å²) in [5, 5.41) is 71.7. The summed E-state index contributed by atoms with van der Waals surface area (Å²) in [7, 11) is 0. The van der Waals surface area contributed by atoms with Crippen molar-refractivity contribution in [1.29, 1.82) is 0 Å². The molecule has 0 aliphatic heterocycles. The number of carboxylic acids is 1. The fourth-order valence-corrected chi connectivity index (χ4v) is 10.3. The summed E-state index contributed by atoms with van der Waals surface area (Å²) in [4.78, 5) is 190.